The highest BCUT2D eigenvalue weighted by Gasteiger charge is 2.21. The average molecular weight is 420 g/mol. The molecule has 29 heavy (non-hydrogen) atoms. The molecule has 2 aromatic carbocycles. The normalized spacial score (nSPS) is 12.0. The maximum atomic E-state index is 12.6. The number of hydrogen-bond acceptors (Lipinski definition) is 6. The number of para-hydroxylation sites is 1. The summed E-state index contributed by atoms with van der Waals surface area (Å²) in [6.07, 6.45) is 0.692. The van der Waals surface area contributed by atoms with Gasteiger partial charge in [0.2, 0.25) is 10.0 Å². The Morgan fingerprint density at radius 3 is 2.28 bits per heavy atom. The van der Waals surface area contributed by atoms with Gasteiger partial charge in [-0.25, -0.2) is 13.2 Å². The van der Waals surface area contributed by atoms with Gasteiger partial charge in [-0.1, -0.05) is 19.1 Å². The fraction of sp³-hybridized carbons (Fsp3) is 0.300. The number of esters is 1. The number of nitrogens with zero attached hydrogens (tertiary/aromatic N) is 1. The van der Waals surface area contributed by atoms with E-state index in [4.69, 9.17) is 9.47 Å². The molecule has 0 spiro atoms. The fourth-order valence-corrected chi connectivity index (χ4v) is 3.01. The number of anilines is 2. The SMILES string of the molecule is CC[C@@H](Oc1ccc(N(C)S(C)(=O)=O)cc1)C(=O)Nc1ccccc1C(=O)OC. The number of methoxy groups -OCH3 is 1. The second kappa shape index (κ2) is 9.42. The zero-order chi connectivity index (χ0) is 21.6. The van der Waals surface area contributed by atoms with Crippen molar-refractivity contribution >= 4 is 33.3 Å². The quantitative estimate of drug-likeness (QED) is 0.659. The first kappa shape index (κ1) is 22.2. The van der Waals surface area contributed by atoms with Crippen LogP contribution in [-0.4, -0.2) is 46.8 Å². The third-order valence-corrected chi connectivity index (χ3v) is 5.44. The summed E-state index contributed by atoms with van der Waals surface area (Å²) in [4.78, 5) is 24.5. The zero-order valence-corrected chi connectivity index (χ0v) is 17.5. The molecule has 9 heteroatoms. The minimum Gasteiger partial charge on any atom is -0.481 e. The third kappa shape index (κ3) is 5.71. The van der Waals surface area contributed by atoms with Crippen LogP contribution < -0.4 is 14.4 Å². The number of benzene rings is 2. The van der Waals surface area contributed by atoms with E-state index in [1.54, 1.807) is 55.5 Å². The molecule has 0 aliphatic carbocycles. The van der Waals surface area contributed by atoms with Crippen molar-refractivity contribution in [2.45, 2.75) is 19.4 Å². The molecule has 1 N–H and O–H groups in total. The van der Waals surface area contributed by atoms with Crippen molar-refractivity contribution in [3.8, 4) is 5.75 Å². The zero-order valence-electron chi connectivity index (χ0n) is 16.7. The van der Waals surface area contributed by atoms with E-state index >= 15 is 0 Å². The van der Waals surface area contributed by atoms with E-state index in [9.17, 15) is 18.0 Å². The number of carbonyl (C=O) groups is 2. The second-order valence-electron chi connectivity index (χ2n) is 6.27. The highest BCUT2D eigenvalue weighted by Crippen LogP contribution is 2.22. The van der Waals surface area contributed by atoms with Crippen LogP contribution in [0.2, 0.25) is 0 Å². The first-order chi connectivity index (χ1) is 13.7. The molecular weight excluding hydrogens is 396 g/mol. The molecule has 0 aromatic heterocycles. The summed E-state index contributed by atoms with van der Waals surface area (Å²) in [6, 6.07) is 12.9. The van der Waals surface area contributed by atoms with Crippen molar-refractivity contribution in [2.24, 2.45) is 0 Å². The Balaban J connectivity index is 2.12. The van der Waals surface area contributed by atoms with Crippen molar-refractivity contribution in [1.29, 1.82) is 0 Å². The van der Waals surface area contributed by atoms with Gasteiger partial charge in [-0.3, -0.25) is 9.10 Å². The van der Waals surface area contributed by atoms with E-state index in [-0.39, 0.29) is 5.56 Å². The molecule has 0 bridgehead atoms. The van der Waals surface area contributed by atoms with E-state index in [1.165, 1.54) is 14.2 Å². The number of amides is 1. The minimum absolute atomic E-state index is 0.242. The van der Waals surface area contributed by atoms with Gasteiger partial charge in [0.25, 0.3) is 5.91 Å². The van der Waals surface area contributed by atoms with Crippen LogP contribution in [-0.2, 0) is 19.6 Å². The molecule has 0 fully saturated rings. The van der Waals surface area contributed by atoms with Crippen LogP contribution in [0.3, 0.4) is 0 Å². The molecule has 8 nitrogen and oxygen atoms in total. The summed E-state index contributed by atoms with van der Waals surface area (Å²) in [5.41, 5.74) is 1.05. The number of hydrogen-bond donors (Lipinski definition) is 1. The first-order valence-electron chi connectivity index (χ1n) is 8.86. The van der Waals surface area contributed by atoms with Crippen LogP contribution >= 0.6 is 0 Å². The molecule has 0 aliphatic heterocycles. The van der Waals surface area contributed by atoms with Crippen LogP contribution in [0.25, 0.3) is 0 Å². The lowest BCUT2D eigenvalue weighted by Crippen LogP contribution is -2.33. The van der Waals surface area contributed by atoms with Gasteiger partial charge in [-0.05, 0) is 42.8 Å². The van der Waals surface area contributed by atoms with Crippen LogP contribution in [0.4, 0.5) is 11.4 Å². The molecule has 2 rings (SSSR count). The van der Waals surface area contributed by atoms with Crippen LogP contribution in [0.5, 0.6) is 5.75 Å². The van der Waals surface area contributed by atoms with Gasteiger partial charge >= 0.3 is 5.97 Å². The average Bonchev–Trinajstić information content (AvgIpc) is 2.71. The van der Waals surface area contributed by atoms with E-state index in [0.29, 0.717) is 23.5 Å². The van der Waals surface area contributed by atoms with Gasteiger partial charge in [0.15, 0.2) is 6.10 Å². The van der Waals surface area contributed by atoms with Crippen molar-refractivity contribution in [1.82, 2.24) is 0 Å². The standard InChI is InChI=1S/C20H24N2O6S/c1-5-18(19(23)21-17-9-7-6-8-16(17)20(24)27-3)28-15-12-10-14(11-13-15)22(2)29(4,25)26/h6-13,18H,5H2,1-4H3,(H,21,23)/t18-/m1/s1. The van der Waals surface area contributed by atoms with Crippen LogP contribution in [0, 0.1) is 0 Å². The Bertz CT molecular complexity index is 973. The molecule has 0 unspecified atom stereocenters. The van der Waals surface area contributed by atoms with Gasteiger partial charge < -0.3 is 14.8 Å². The Hall–Kier alpha value is -3.07. The van der Waals surface area contributed by atoms with Crippen LogP contribution in [0.15, 0.2) is 48.5 Å². The molecule has 0 heterocycles. The molecule has 1 atom stereocenters. The smallest absolute Gasteiger partial charge is 0.339 e. The molecule has 0 saturated heterocycles. The largest absolute Gasteiger partial charge is 0.481 e. The summed E-state index contributed by atoms with van der Waals surface area (Å²) in [7, 11) is -0.649. The predicted octanol–water partition coefficient (Wildman–Crippen LogP) is 2.67. The lowest BCUT2D eigenvalue weighted by molar-refractivity contribution is -0.122. The first-order valence-corrected chi connectivity index (χ1v) is 10.7. The second-order valence-corrected chi connectivity index (χ2v) is 8.28. The van der Waals surface area contributed by atoms with Gasteiger partial charge in [0.05, 0.1) is 30.3 Å². The van der Waals surface area contributed by atoms with Crippen LogP contribution in [0.1, 0.15) is 23.7 Å². The van der Waals surface area contributed by atoms with E-state index in [1.807, 2.05) is 0 Å². The Kier molecular flexibility index (Phi) is 7.22. The Labute approximate surface area is 170 Å². The molecule has 2 aromatic rings. The summed E-state index contributed by atoms with van der Waals surface area (Å²) < 4.78 is 34.8. The molecule has 0 saturated carbocycles. The third-order valence-electron chi connectivity index (χ3n) is 4.23. The monoisotopic (exact) mass is 420 g/mol. The van der Waals surface area contributed by atoms with Gasteiger partial charge in [0.1, 0.15) is 5.75 Å². The van der Waals surface area contributed by atoms with Crippen molar-refractivity contribution in [3.05, 3.63) is 54.1 Å². The summed E-state index contributed by atoms with van der Waals surface area (Å²) in [5, 5.41) is 2.69. The Morgan fingerprint density at radius 1 is 1.10 bits per heavy atom. The van der Waals surface area contributed by atoms with E-state index in [2.05, 4.69) is 5.32 Å². The number of sulfonamides is 1. The van der Waals surface area contributed by atoms with Crippen molar-refractivity contribution in [2.75, 3.05) is 30.0 Å². The molecule has 0 radical (unpaired) electrons. The van der Waals surface area contributed by atoms with E-state index in [0.717, 1.165) is 10.6 Å². The van der Waals surface area contributed by atoms with E-state index < -0.39 is 28.0 Å². The number of nitrogens with one attached hydrogen (secondary N) is 1. The lowest BCUT2D eigenvalue weighted by atomic mass is 10.1. The van der Waals surface area contributed by atoms with Gasteiger partial charge in [-0.15, -0.1) is 0 Å². The van der Waals surface area contributed by atoms with Gasteiger partial charge in [0, 0.05) is 7.05 Å². The number of rotatable bonds is 8. The maximum Gasteiger partial charge on any atom is 0.339 e. The highest BCUT2D eigenvalue weighted by molar-refractivity contribution is 7.92. The fourth-order valence-electron chi connectivity index (χ4n) is 2.51. The van der Waals surface area contributed by atoms with Gasteiger partial charge in [-0.2, -0.15) is 0 Å². The molecule has 1 amide bonds. The predicted molar refractivity (Wildman–Crippen MR) is 111 cm³/mol. The number of carbonyl (C=O) groups excluding carboxylic acids is 2. The minimum atomic E-state index is -3.37. The van der Waals surface area contributed by atoms with Crippen molar-refractivity contribution < 1.29 is 27.5 Å². The Morgan fingerprint density at radius 2 is 1.72 bits per heavy atom. The molecule has 156 valence electrons. The summed E-state index contributed by atoms with van der Waals surface area (Å²) >= 11 is 0. The highest BCUT2D eigenvalue weighted by atomic mass is 32.2. The summed E-state index contributed by atoms with van der Waals surface area (Å²) in [5.74, 6) is -0.555. The molecular formula is C20H24N2O6S. The molecule has 0 aliphatic rings. The van der Waals surface area contributed by atoms with Crippen molar-refractivity contribution in [3.63, 3.8) is 0 Å². The maximum absolute atomic E-state index is 12.6. The lowest BCUT2D eigenvalue weighted by Gasteiger charge is -2.20. The number of ether oxygens (including phenoxy) is 2. The summed E-state index contributed by atoms with van der Waals surface area (Å²) in [6.45, 7) is 1.79. The topological polar surface area (TPSA) is 102 Å².